The standard InChI is InChI=1S/C56H36N2S/c1-2-10-37(11-3-1)38-18-26-43(27-19-38)57(46-32-35-54-50(36-46)49-16-8-9-17-53(49)59-54)44-28-20-39(21-29-44)40-22-30-45(31-23-40)58-51-33-24-41-12-4-6-14-47(41)55(51)56-48-15-7-5-13-42(48)25-34-52(56)58/h1-36H. The molecule has 12 aromatic rings. The number of hydrogen-bond acceptors (Lipinski definition) is 2. The van der Waals surface area contributed by atoms with Gasteiger partial charge in [-0.25, -0.2) is 0 Å². The van der Waals surface area contributed by atoms with Crippen LogP contribution in [0.25, 0.3) is 91.5 Å². The molecule has 0 spiro atoms. The largest absolute Gasteiger partial charge is 0.310 e. The molecule has 12 rings (SSSR count). The van der Waals surface area contributed by atoms with Crippen molar-refractivity contribution >= 4 is 91.9 Å². The molecule has 2 aromatic heterocycles. The van der Waals surface area contributed by atoms with Crippen LogP contribution in [0.3, 0.4) is 0 Å². The molecule has 0 aliphatic carbocycles. The van der Waals surface area contributed by atoms with Crippen molar-refractivity contribution in [2.24, 2.45) is 0 Å². The van der Waals surface area contributed by atoms with E-state index in [1.54, 1.807) is 0 Å². The van der Waals surface area contributed by atoms with Gasteiger partial charge in [-0.1, -0.05) is 146 Å². The molecule has 2 heterocycles. The van der Waals surface area contributed by atoms with Crippen LogP contribution in [0.5, 0.6) is 0 Å². The Morgan fingerprint density at radius 3 is 1.37 bits per heavy atom. The van der Waals surface area contributed by atoms with Crippen molar-refractivity contribution < 1.29 is 0 Å². The summed E-state index contributed by atoms with van der Waals surface area (Å²) in [5.74, 6) is 0. The minimum atomic E-state index is 1.11. The zero-order valence-electron chi connectivity index (χ0n) is 32.1. The van der Waals surface area contributed by atoms with E-state index in [-0.39, 0.29) is 0 Å². The third-order valence-electron chi connectivity index (χ3n) is 12.0. The minimum absolute atomic E-state index is 1.11. The summed E-state index contributed by atoms with van der Waals surface area (Å²) in [4.78, 5) is 2.38. The fourth-order valence-corrected chi connectivity index (χ4v) is 10.3. The van der Waals surface area contributed by atoms with E-state index in [0.29, 0.717) is 0 Å². The molecule has 0 amide bonds. The van der Waals surface area contributed by atoms with Crippen molar-refractivity contribution in [1.29, 1.82) is 0 Å². The normalized spacial score (nSPS) is 11.7. The van der Waals surface area contributed by atoms with Gasteiger partial charge in [-0.15, -0.1) is 11.3 Å². The van der Waals surface area contributed by atoms with Crippen LogP contribution in [0.2, 0.25) is 0 Å². The molecule has 10 aromatic carbocycles. The molecule has 0 bridgehead atoms. The average molecular weight is 769 g/mol. The van der Waals surface area contributed by atoms with E-state index in [2.05, 4.69) is 228 Å². The highest BCUT2D eigenvalue weighted by Gasteiger charge is 2.18. The Labute approximate surface area is 346 Å². The maximum absolute atomic E-state index is 2.44. The van der Waals surface area contributed by atoms with E-state index in [4.69, 9.17) is 0 Å². The molecule has 0 aliphatic rings. The number of thiophene rings is 1. The molecule has 0 atom stereocenters. The first kappa shape index (κ1) is 33.7. The van der Waals surface area contributed by atoms with Crippen LogP contribution in [0, 0.1) is 0 Å². The lowest BCUT2D eigenvalue weighted by molar-refractivity contribution is 1.18. The Kier molecular flexibility index (Phi) is 7.75. The summed E-state index contributed by atoms with van der Waals surface area (Å²) in [6, 6.07) is 79.9. The van der Waals surface area contributed by atoms with Gasteiger partial charge in [0, 0.05) is 53.7 Å². The second-order valence-corrected chi connectivity index (χ2v) is 16.4. The van der Waals surface area contributed by atoms with Crippen molar-refractivity contribution in [3.05, 3.63) is 218 Å². The molecule has 0 unspecified atom stereocenters. The molecule has 0 radical (unpaired) electrons. The molecule has 0 fully saturated rings. The summed E-state index contributed by atoms with van der Waals surface area (Å²) in [5, 5.41) is 10.3. The fourth-order valence-electron chi connectivity index (χ4n) is 9.17. The number of aromatic nitrogens is 1. The van der Waals surface area contributed by atoms with Crippen LogP contribution in [-0.2, 0) is 0 Å². The topological polar surface area (TPSA) is 8.17 Å². The van der Waals surface area contributed by atoms with Crippen LogP contribution >= 0.6 is 11.3 Å². The Hall–Kier alpha value is -7.46. The van der Waals surface area contributed by atoms with Gasteiger partial charge in [0.25, 0.3) is 0 Å². The smallest absolute Gasteiger partial charge is 0.0547 e. The molecule has 2 nitrogen and oxygen atoms in total. The Morgan fingerprint density at radius 2 is 0.780 bits per heavy atom. The highest BCUT2D eigenvalue weighted by Crippen LogP contribution is 2.43. The Morgan fingerprint density at radius 1 is 0.322 bits per heavy atom. The number of nitrogens with zero attached hydrogens (tertiary/aromatic N) is 2. The first-order valence-electron chi connectivity index (χ1n) is 20.2. The summed E-state index contributed by atoms with van der Waals surface area (Å²) >= 11 is 1.85. The quantitative estimate of drug-likeness (QED) is 0.164. The van der Waals surface area contributed by atoms with E-state index >= 15 is 0 Å². The van der Waals surface area contributed by atoms with E-state index in [1.807, 2.05) is 11.3 Å². The van der Waals surface area contributed by atoms with Gasteiger partial charge >= 0.3 is 0 Å². The van der Waals surface area contributed by atoms with Gasteiger partial charge in [-0.3, -0.25) is 0 Å². The van der Waals surface area contributed by atoms with E-state index in [9.17, 15) is 0 Å². The van der Waals surface area contributed by atoms with E-state index in [1.165, 1.54) is 85.8 Å². The third kappa shape index (κ3) is 5.55. The molecule has 3 heteroatoms. The first-order chi connectivity index (χ1) is 29.2. The van der Waals surface area contributed by atoms with Gasteiger partial charge in [0.15, 0.2) is 0 Å². The lowest BCUT2D eigenvalue weighted by Crippen LogP contribution is -2.09. The van der Waals surface area contributed by atoms with Gasteiger partial charge in [-0.2, -0.15) is 0 Å². The number of fused-ring (bicyclic) bond motifs is 10. The predicted molar refractivity (Wildman–Crippen MR) is 254 cm³/mol. The van der Waals surface area contributed by atoms with Crippen LogP contribution in [0.4, 0.5) is 17.1 Å². The number of anilines is 3. The minimum Gasteiger partial charge on any atom is -0.310 e. The van der Waals surface area contributed by atoms with Gasteiger partial charge in [-0.05, 0) is 117 Å². The lowest BCUT2D eigenvalue weighted by atomic mass is 10.00. The highest BCUT2D eigenvalue weighted by atomic mass is 32.1. The van der Waals surface area contributed by atoms with Gasteiger partial charge in [0.2, 0.25) is 0 Å². The van der Waals surface area contributed by atoms with E-state index in [0.717, 1.165) is 22.7 Å². The molecular weight excluding hydrogens is 733 g/mol. The number of hydrogen-bond donors (Lipinski definition) is 0. The monoisotopic (exact) mass is 768 g/mol. The second-order valence-electron chi connectivity index (χ2n) is 15.3. The summed E-state index contributed by atoms with van der Waals surface area (Å²) in [6.45, 7) is 0. The summed E-state index contributed by atoms with van der Waals surface area (Å²) in [5.41, 5.74) is 11.7. The molecular formula is C56H36N2S. The number of rotatable bonds is 6. The van der Waals surface area contributed by atoms with Crippen molar-refractivity contribution in [3.63, 3.8) is 0 Å². The SMILES string of the molecule is c1ccc(-c2ccc(N(c3ccc(-c4ccc(-n5c6ccc7ccccc7c6c6c7ccccc7ccc65)cc4)cc3)c3ccc4sc5ccccc5c4c3)cc2)cc1. The van der Waals surface area contributed by atoms with Crippen molar-refractivity contribution in [2.45, 2.75) is 0 Å². The zero-order valence-corrected chi connectivity index (χ0v) is 32.9. The zero-order chi connectivity index (χ0) is 38.9. The predicted octanol–water partition coefficient (Wildman–Crippen LogP) is 16.3. The molecule has 0 aliphatic heterocycles. The molecule has 0 saturated carbocycles. The second kappa shape index (κ2) is 13.6. The first-order valence-corrected chi connectivity index (χ1v) is 21.0. The van der Waals surface area contributed by atoms with Crippen LogP contribution in [0.1, 0.15) is 0 Å². The summed E-state index contributed by atoms with van der Waals surface area (Å²) < 4.78 is 5.05. The fraction of sp³-hybridized carbons (Fsp3) is 0. The third-order valence-corrected chi connectivity index (χ3v) is 13.1. The van der Waals surface area contributed by atoms with Crippen molar-refractivity contribution in [3.8, 4) is 27.9 Å². The van der Waals surface area contributed by atoms with E-state index < -0.39 is 0 Å². The van der Waals surface area contributed by atoms with Crippen LogP contribution in [-0.4, -0.2) is 4.57 Å². The molecule has 0 saturated heterocycles. The number of benzene rings is 10. The lowest BCUT2D eigenvalue weighted by Gasteiger charge is -2.26. The summed E-state index contributed by atoms with van der Waals surface area (Å²) in [6.07, 6.45) is 0. The molecule has 0 N–H and O–H groups in total. The van der Waals surface area contributed by atoms with Gasteiger partial charge in [0.1, 0.15) is 0 Å². The maximum Gasteiger partial charge on any atom is 0.0547 e. The molecule has 276 valence electrons. The Bertz CT molecular complexity index is 3430. The molecule has 59 heavy (non-hydrogen) atoms. The van der Waals surface area contributed by atoms with Gasteiger partial charge in [0.05, 0.1) is 11.0 Å². The van der Waals surface area contributed by atoms with Crippen LogP contribution in [0.15, 0.2) is 218 Å². The maximum atomic E-state index is 2.44. The van der Waals surface area contributed by atoms with Crippen LogP contribution < -0.4 is 4.90 Å². The van der Waals surface area contributed by atoms with Crippen molar-refractivity contribution in [2.75, 3.05) is 4.90 Å². The van der Waals surface area contributed by atoms with Gasteiger partial charge < -0.3 is 9.47 Å². The average Bonchev–Trinajstić information content (AvgIpc) is 3.86. The highest BCUT2D eigenvalue weighted by molar-refractivity contribution is 7.25. The summed E-state index contributed by atoms with van der Waals surface area (Å²) in [7, 11) is 0. The van der Waals surface area contributed by atoms with Crippen molar-refractivity contribution in [1.82, 2.24) is 4.57 Å². The Balaban J connectivity index is 0.940.